The highest BCUT2D eigenvalue weighted by molar-refractivity contribution is 9.10. The van der Waals surface area contributed by atoms with E-state index in [1.54, 1.807) is 7.11 Å². The van der Waals surface area contributed by atoms with Crippen molar-refractivity contribution in [1.29, 1.82) is 0 Å². The van der Waals surface area contributed by atoms with Crippen molar-refractivity contribution in [2.45, 2.75) is 32.4 Å². The number of nitrogens with one attached hydrogen (secondary N) is 1. The number of carboxylic acids is 1. The van der Waals surface area contributed by atoms with Gasteiger partial charge in [-0.25, -0.2) is 0 Å². The van der Waals surface area contributed by atoms with E-state index in [4.69, 9.17) is 9.84 Å². The zero-order valence-electron chi connectivity index (χ0n) is 10.6. The van der Waals surface area contributed by atoms with Crippen LogP contribution in [0.25, 0.3) is 0 Å². The van der Waals surface area contributed by atoms with Crippen LogP contribution in [-0.2, 0) is 11.3 Å². The first kappa shape index (κ1) is 15.0. The van der Waals surface area contributed by atoms with Crippen LogP contribution in [0.4, 0.5) is 0 Å². The third-order valence-corrected chi connectivity index (χ3v) is 3.29. The van der Waals surface area contributed by atoms with Gasteiger partial charge in [-0.1, -0.05) is 25.5 Å². The third-order valence-electron chi connectivity index (χ3n) is 2.67. The Labute approximate surface area is 115 Å². The molecule has 18 heavy (non-hydrogen) atoms. The fourth-order valence-electron chi connectivity index (χ4n) is 1.76. The van der Waals surface area contributed by atoms with Gasteiger partial charge < -0.3 is 15.2 Å². The maximum Gasteiger partial charge on any atom is 0.320 e. The normalized spacial score (nSPS) is 12.2. The van der Waals surface area contributed by atoms with Gasteiger partial charge in [-0.15, -0.1) is 0 Å². The van der Waals surface area contributed by atoms with Gasteiger partial charge in [0.1, 0.15) is 11.8 Å². The highest BCUT2D eigenvalue weighted by atomic mass is 79.9. The minimum Gasteiger partial charge on any atom is -0.495 e. The summed E-state index contributed by atoms with van der Waals surface area (Å²) in [5.74, 6) is -0.0727. The molecule has 0 radical (unpaired) electrons. The van der Waals surface area contributed by atoms with Crippen molar-refractivity contribution in [3.63, 3.8) is 0 Å². The number of benzene rings is 1. The van der Waals surface area contributed by atoms with E-state index in [1.807, 2.05) is 25.1 Å². The number of hydrogen-bond donors (Lipinski definition) is 2. The molecular weight excluding hydrogens is 298 g/mol. The van der Waals surface area contributed by atoms with E-state index >= 15 is 0 Å². The van der Waals surface area contributed by atoms with Crippen molar-refractivity contribution in [3.05, 3.63) is 28.2 Å². The molecule has 0 aliphatic rings. The number of rotatable bonds is 7. The molecule has 1 aromatic carbocycles. The van der Waals surface area contributed by atoms with Crippen molar-refractivity contribution in [2.24, 2.45) is 0 Å². The molecule has 100 valence electrons. The minimum atomic E-state index is -0.814. The van der Waals surface area contributed by atoms with Crippen LogP contribution in [0.5, 0.6) is 5.75 Å². The monoisotopic (exact) mass is 315 g/mol. The molecule has 0 saturated carbocycles. The van der Waals surface area contributed by atoms with Gasteiger partial charge in [0.25, 0.3) is 0 Å². The number of aliphatic carboxylic acids is 1. The van der Waals surface area contributed by atoms with E-state index in [0.717, 1.165) is 22.2 Å². The summed E-state index contributed by atoms with van der Waals surface area (Å²) in [5, 5.41) is 12.1. The largest absolute Gasteiger partial charge is 0.495 e. The molecule has 0 bridgehead atoms. The van der Waals surface area contributed by atoms with Crippen molar-refractivity contribution in [3.8, 4) is 5.75 Å². The molecule has 0 aliphatic heterocycles. The van der Waals surface area contributed by atoms with Gasteiger partial charge >= 0.3 is 5.97 Å². The summed E-state index contributed by atoms with van der Waals surface area (Å²) in [6.07, 6.45) is 1.45. The summed E-state index contributed by atoms with van der Waals surface area (Å²) in [6.45, 7) is 2.44. The average molecular weight is 316 g/mol. The van der Waals surface area contributed by atoms with Crippen molar-refractivity contribution in [2.75, 3.05) is 7.11 Å². The van der Waals surface area contributed by atoms with Crippen molar-refractivity contribution in [1.82, 2.24) is 5.32 Å². The molecule has 1 rings (SSSR count). The Morgan fingerprint density at radius 1 is 1.56 bits per heavy atom. The summed E-state index contributed by atoms with van der Waals surface area (Å²) in [7, 11) is 1.60. The predicted molar refractivity (Wildman–Crippen MR) is 73.9 cm³/mol. The number of hydrogen-bond acceptors (Lipinski definition) is 3. The van der Waals surface area contributed by atoms with E-state index in [2.05, 4.69) is 21.2 Å². The summed E-state index contributed by atoms with van der Waals surface area (Å²) in [5.41, 5.74) is 0.939. The molecule has 1 aromatic rings. The highest BCUT2D eigenvalue weighted by Gasteiger charge is 2.16. The van der Waals surface area contributed by atoms with Crippen LogP contribution in [0.2, 0.25) is 0 Å². The van der Waals surface area contributed by atoms with E-state index in [9.17, 15) is 4.79 Å². The van der Waals surface area contributed by atoms with Gasteiger partial charge in [0, 0.05) is 12.1 Å². The molecule has 0 fully saturated rings. The number of methoxy groups -OCH3 is 1. The van der Waals surface area contributed by atoms with Gasteiger partial charge in [-0.3, -0.25) is 4.79 Å². The number of halogens is 1. The van der Waals surface area contributed by atoms with Gasteiger partial charge in [0.2, 0.25) is 0 Å². The van der Waals surface area contributed by atoms with Crippen LogP contribution < -0.4 is 10.1 Å². The van der Waals surface area contributed by atoms with Crippen LogP contribution in [0.3, 0.4) is 0 Å². The topological polar surface area (TPSA) is 58.6 Å². The number of carbonyl (C=O) groups is 1. The molecule has 0 amide bonds. The predicted octanol–water partition coefficient (Wildman–Crippen LogP) is 2.80. The zero-order valence-corrected chi connectivity index (χ0v) is 12.2. The van der Waals surface area contributed by atoms with E-state index in [0.29, 0.717) is 13.0 Å². The molecule has 0 saturated heterocycles. The second-order valence-corrected chi connectivity index (χ2v) is 4.85. The van der Waals surface area contributed by atoms with Crippen LogP contribution in [0.1, 0.15) is 25.3 Å². The first-order valence-electron chi connectivity index (χ1n) is 5.87. The second kappa shape index (κ2) is 7.38. The Bertz CT molecular complexity index is 409. The first-order chi connectivity index (χ1) is 8.60. The molecule has 0 aromatic heterocycles. The summed E-state index contributed by atoms with van der Waals surface area (Å²) < 4.78 is 6.16. The first-order valence-corrected chi connectivity index (χ1v) is 6.67. The van der Waals surface area contributed by atoms with Crippen LogP contribution >= 0.6 is 15.9 Å². The third kappa shape index (κ3) is 3.99. The summed E-state index contributed by atoms with van der Waals surface area (Å²) in [6, 6.07) is 5.20. The quantitative estimate of drug-likeness (QED) is 0.812. The molecule has 1 unspecified atom stereocenters. The number of para-hydroxylation sites is 1. The maximum absolute atomic E-state index is 11.0. The van der Waals surface area contributed by atoms with Gasteiger partial charge in [0.15, 0.2) is 0 Å². The Balaban J connectivity index is 2.73. The fourth-order valence-corrected chi connectivity index (χ4v) is 2.33. The molecule has 0 heterocycles. The standard InChI is InChI=1S/C13H18BrNO3/c1-3-5-11(13(16)17)15-8-9-6-4-7-10(14)12(9)18-2/h4,6-7,11,15H,3,5,8H2,1-2H3,(H,16,17). The van der Waals surface area contributed by atoms with Gasteiger partial charge in [-0.2, -0.15) is 0 Å². The van der Waals surface area contributed by atoms with Gasteiger partial charge in [0.05, 0.1) is 11.6 Å². The maximum atomic E-state index is 11.0. The number of ether oxygens (including phenoxy) is 1. The van der Waals surface area contributed by atoms with E-state index < -0.39 is 12.0 Å². The lowest BCUT2D eigenvalue weighted by molar-refractivity contribution is -0.139. The number of carboxylic acid groups (broad SMARTS) is 1. The smallest absolute Gasteiger partial charge is 0.320 e. The minimum absolute atomic E-state index is 0.472. The molecular formula is C13H18BrNO3. The Morgan fingerprint density at radius 3 is 2.83 bits per heavy atom. The Kier molecular flexibility index (Phi) is 6.15. The van der Waals surface area contributed by atoms with Crippen molar-refractivity contribution >= 4 is 21.9 Å². The van der Waals surface area contributed by atoms with E-state index in [-0.39, 0.29) is 0 Å². The molecule has 5 heteroatoms. The van der Waals surface area contributed by atoms with Crippen LogP contribution in [0.15, 0.2) is 22.7 Å². The molecule has 0 spiro atoms. The molecule has 2 N–H and O–H groups in total. The Hall–Kier alpha value is -1.07. The highest BCUT2D eigenvalue weighted by Crippen LogP contribution is 2.28. The van der Waals surface area contributed by atoms with Crippen molar-refractivity contribution < 1.29 is 14.6 Å². The molecule has 0 aliphatic carbocycles. The van der Waals surface area contributed by atoms with Gasteiger partial charge in [-0.05, 0) is 28.4 Å². The SMILES string of the molecule is CCCC(NCc1cccc(Br)c1OC)C(=O)O. The second-order valence-electron chi connectivity index (χ2n) is 3.99. The van der Waals surface area contributed by atoms with Crippen LogP contribution in [-0.4, -0.2) is 24.2 Å². The molecule has 1 atom stereocenters. The summed E-state index contributed by atoms with van der Waals surface area (Å²) in [4.78, 5) is 11.0. The van der Waals surface area contributed by atoms with Crippen LogP contribution in [0, 0.1) is 0 Å². The van der Waals surface area contributed by atoms with E-state index in [1.165, 1.54) is 0 Å². The fraction of sp³-hybridized carbons (Fsp3) is 0.462. The Morgan fingerprint density at radius 2 is 2.28 bits per heavy atom. The summed E-state index contributed by atoms with van der Waals surface area (Å²) >= 11 is 3.40. The molecule has 4 nitrogen and oxygen atoms in total. The lowest BCUT2D eigenvalue weighted by Crippen LogP contribution is -2.36. The average Bonchev–Trinajstić information content (AvgIpc) is 2.34. The lowest BCUT2D eigenvalue weighted by Gasteiger charge is -2.15. The zero-order chi connectivity index (χ0) is 13.5. The lowest BCUT2D eigenvalue weighted by atomic mass is 10.1.